The average Bonchev–Trinajstić information content (AvgIpc) is 2.93. The maximum Gasteiger partial charge on any atom is 0.256 e. The zero-order chi connectivity index (χ0) is 16.0. The van der Waals surface area contributed by atoms with E-state index in [-0.39, 0.29) is 12.1 Å². The largest absolute Gasteiger partial charge is 0.353 e. The van der Waals surface area contributed by atoms with Crippen LogP contribution in [-0.2, 0) is 13.0 Å². The fourth-order valence-corrected chi connectivity index (χ4v) is 4.69. The van der Waals surface area contributed by atoms with Crippen LogP contribution in [0.5, 0.6) is 0 Å². The highest BCUT2D eigenvalue weighted by Gasteiger charge is 2.33. The molecule has 120 valence electrons. The van der Waals surface area contributed by atoms with Crippen LogP contribution in [0.2, 0.25) is 0 Å². The molecule has 0 bridgehead atoms. The summed E-state index contributed by atoms with van der Waals surface area (Å²) in [6.07, 6.45) is 0.822. The molecule has 0 aliphatic carbocycles. The van der Waals surface area contributed by atoms with Gasteiger partial charge in [-0.1, -0.05) is 30.3 Å². The van der Waals surface area contributed by atoms with E-state index in [1.807, 2.05) is 30.3 Å². The summed E-state index contributed by atoms with van der Waals surface area (Å²) in [5.74, 6) is 0.0584. The molecule has 5 heteroatoms. The van der Waals surface area contributed by atoms with Gasteiger partial charge in [0.05, 0.1) is 5.56 Å². The highest BCUT2D eigenvalue weighted by Crippen LogP contribution is 2.40. The van der Waals surface area contributed by atoms with Crippen LogP contribution in [0.1, 0.15) is 46.4 Å². The Kier molecular flexibility index (Phi) is 3.62. The zero-order valence-electron chi connectivity index (χ0n) is 13.4. The van der Waals surface area contributed by atoms with Crippen molar-refractivity contribution >= 4 is 22.2 Å². The van der Waals surface area contributed by atoms with Gasteiger partial charge in [0.15, 0.2) is 0 Å². The molecule has 1 atom stereocenters. The fraction of sp³-hybridized carbons (Fsp3) is 0.389. The summed E-state index contributed by atoms with van der Waals surface area (Å²) in [4.78, 5) is 16.5. The summed E-state index contributed by atoms with van der Waals surface area (Å²) in [5.41, 5.74) is 3.21. The number of carbonyl (C=O) groups is 1. The second kappa shape index (κ2) is 5.65. The Balaban J connectivity index is 1.66. The van der Waals surface area contributed by atoms with Crippen molar-refractivity contribution in [1.82, 2.24) is 10.2 Å². The molecule has 0 spiro atoms. The number of nitrogens with zero attached hydrogens (tertiary/aromatic N) is 1. The molecule has 1 aromatic heterocycles. The van der Waals surface area contributed by atoms with Crippen LogP contribution < -0.4 is 10.6 Å². The van der Waals surface area contributed by atoms with Crippen molar-refractivity contribution in [2.24, 2.45) is 0 Å². The molecule has 4 rings (SSSR count). The minimum Gasteiger partial charge on any atom is -0.353 e. The molecule has 2 N–H and O–H groups in total. The maximum absolute atomic E-state index is 12.7. The Labute approximate surface area is 140 Å². The smallest absolute Gasteiger partial charge is 0.256 e. The number of anilines is 1. The van der Waals surface area contributed by atoms with Crippen molar-refractivity contribution in [1.29, 1.82) is 0 Å². The second-order valence-electron chi connectivity index (χ2n) is 6.48. The summed E-state index contributed by atoms with van der Waals surface area (Å²) in [6, 6.07) is 10.6. The lowest BCUT2D eigenvalue weighted by Gasteiger charge is -2.30. The highest BCUT2D eigenvalue weighted by atomic mass is 32.1. The van der Waals surface area contributed by atoms with Gasteiger partial charge in [-0.05, 0) is 31.4 Å². The number of nitrogens with one attached hydrogen (secondary N) is 2. The maximum atomic E-state index is 12.7. The standard InChI is InChI=1S/C18H21N3OS/c1-11(2)21-9-8-13-14(10-21)23-18-15(13)17(22)19-16(20-18)12-6-4-3-5-7-12/h3-7,11,16,20H,8-10H2,1-2H3,(H,19,22)/t16-/m1/s1. The topological polar surface area (TPSA) is 44.4 Å². The first kappa shape index (κ1) is 14.7. The molecule has 0 saturated carbocycles. The van der Waals surface area contributed by atoms with Crippen LogP contribution >= 0.6 is 11.3 Å². The van der Waals surface area contributed by atoms with E-state index in [1.165, 1.54) is 10.4 Å². The van der Waals surface area contributed by atoms with E-state index in [2.05, 4.69) is 29.4 Å². The SMILES string of the molecule is CC(C)N1CCc2c(sc3c2C(=O)N[C@@H](c2ccccc2)N3)C1. The first-order chi connectivity index (χ1) is 11.1. The molecule has 2 aliphatic rings. The van der Waals surface area contributed by atoms with Gasteiger partial charge < -0.3 is 10.6 Å². The summed E-state index contributed by atoms with van der Waals surface area (Å²) in [5, 5.41) is 7.64. The molecular weight excluding hydrogens is 306 g/mol. The molecule has 1 amide bonds. The first-order valence-electron chi connectivity index (χ1n) is 8.14. The Morgan fingerprint density at radius 1 is 1.22 bits per heavy atom. The quantitative estimate of drug-likeness (QED) is 0.889. The number of thiophene rings is 1. The number of carbonyl (C=O) groups excluding carboxylic acids is 1. The van der Waals surface area contributed by atoms with Crippen LogP contribution in [-0.4, -0.2) is 23.4 Å². The van der Waals surface area contributed by atoms with Crippen LogP contribution in [0.25, 0.3) is 0 Å². The fourth-order valence-electron chi connectivity index (χ4n) is 3.39. The molecule has 1 aromatic carbocycles. The Morgan fingerprint density at radius 2 is 2.00 bits per heavy atom. The highest BCUT2D eigenvalue weighted by molar-refractivity contribution is 7.16. The number of hydrogen-bond donors (Lipinski definition) is 2. The molecule has 0 unspecified atom stereocenters. The van der Waals surface area contributed by atoms with Gasteiger partial charge in [-0.2, -0.15) is 0 Å². The van der Waals surface area contributed by atoms with Gasteiger partial charge >= 0.3 is 0 Å². The number of rotatable bonds is 2. The van der Waals surface area contributed by atoms with E-state index in [4.69, 9.17) is 0 Å². The monoisotopic (exact) mass is 327 g/mol. The predicted octanol–water partition coefficient (Wildman–Crippen LogP) is 3.37. The first-order valence-corrected chi connectivity index (χ1v) is 8.96. The molecular formula is C18H21N3OS. The molecule has 4 nitrogen and oxygen atoms in total. The summed E-state index contributed by atoms with van der Waals surface area (Å²) in [6.45, 7) is 6.45. The molecule has 0 fully saturated rings. The summed E-state index contributed by atoms with van der Waals surface area (Å²) in [7, 11) is 0. The van der Waals surface area contributed by atoms with E-state index < -0.39 is 0 Å². The van der Waals surface area contributed by atoms with Gasteiger partial charge in [0, 0.05) is 24.0 Å². The van der Waals surface area contributed by atoms with E-state index in [1.54, 1.807) is 11.3 Å². The van der Waals surface area contributed by atoms with Crippen LogP contribution in [0, 0.1) is 0 Å². The number of fused-ring (bicyclic) bond motifs is 3. The van der Waals surface area contributed by atoms with Gasteiger partial charge in [-0.25, -0.2) is 0 Å². The van der Waals surface area contributed by atoms with Gasteiger partial charge in [0.1, 0.15) is 11.2 Å². The average molecular weight is 327 g/mol. The Hall–Kier alpha value is -1.85. The van der Waals surface area contributed by atoms with Crippen molar-refractivity contribution in [2.45, 2.75) is 39.0 Å². The van der Waals surface area contributed by atoms with Crippen LogP contribution in [0.4, 0.5) is 5.00 Å². The van der Waals surface area contributed by atoms with E-state index in [0.29, 0.717) is 6.04 Å². The molecule has 2 aromatic rings. The van der Waals surface area contributed by atoms with E-state index in [0.717, 1.165) is 35.6 Å². The summed E-state index contributed by atoms with van der Waals surface area (Å²) < 4.78 is 0. The minimum absolute atomic E-state index is 0.0584. The molecule has 0 saturated heterocycles. The lowest BCUT2D eigenvalue weighted by atomic mass is 9.99. The molecule has 23 heavy (non-hydrogen) atoms. The molecule has 2 aliphatic heterocycles. The van der Waals surface area contributed by atoms with Crippen molar-refractivity contribution < 1.29 is 4.79 Å². The van der Waals surface area contributed by atoms with Crippen LogP contribution in [0.15, 0.2) is 30.3 Å². The summed E-state index contributed by atoms with van der Waals surface area (Å²) >= 11 is 1.75. The number of benzene rings is 1. The van der Waals surface area contributed by atoms with E-state index in [9.17, 15) is 4.79 Å². The normalized spacial score (nSPS) is 20.7. The number of amides is 1. The third kappa shape index (κ3) is 2.54. The van der Waals surface area contributed by atoms with Gasteiger partial charge in [0.2, 0.25) is 0 Å². The molecule has 0 radical (unpaired) electrons. The van der Waals surface area contributed by atoms with Gasteiger partial charge in [0.25, 0.3) is 5.91 Å². The Bertz CT molecular complexity index is 738. The van der Waals surface area contributed by atoms with Crippen molar-refractivity contribution in [2.75, 3.05) is 11.9 Å². The third-order valence-corrected chi connectivity index (χ3v) is 5.88. The predicted molar refractivity (Wildman–Crippen MR) is 93.8 cm³/mol. The van der Waals surface area contributed by atoms with Crippen molar-refractivity contribution in [3.63, 3.8) is 0 Å². The minimum atomic E-state index is -0.141. The number of hydrogen-bond acceptors (Lipinski definition) is 4. The lowest BCUT2D eigenvalue weighted by molar-refractivity contribution is 0.0934. The van der Waals surface area contributed by atoms with Crippen LogP contribution in [0.3, 0.4) is 0 Å². The second-order valence-corrected chi connectivity index (χ2v) is 7.59. The van der Waals surface area contributed by atoms with Gasteiger partial charge in [-0.3, -0.25) is 9.69 Å². The van der Waals surface area contributed by atoms with Crippen molar-refractivity contribution in [3.8, 4) is 0 Å². The van der Waals surface area contributed by atoms with Crippen molar-refractivity contribution in [3.05, 3.63) is 51.9 Å². The van der Waals surface area contributed by atoms with E-state index >= 15 is 0 Å². The molecule has 3 heterocycles. The third-order valence-electron chi connectivity index (χ3n) is 4.73. The lowest BCUT2D eigenvalue weighted by Crippen LogP contribution is -2.39. The van der Waals surface area contributed by atoms with Gasteiger partial charge in [-0.15, -0.1) is 11.3 Å². The zero-order valence-corrected chi connectivity index (χ0v) is 14.2. The Morgan fingerprint density at radius 3 is 2.74 bits per heavy atom.